The molecule has 3 aliphatic carbocycles. The van der Waals surface area contributed by atoms with Gasteiger partial charge in [0, 0.05) is 31.6 Å². The number of nitrogens with zero attached hydrogens (tertiary/aromatic N) is 1. The fourth-order valence-corrected chi connectivity index (χ4v) is 4.36. The quantitative estimate of drug-likeness (QED) is 0.823. The third-order valence-electron chi connectivity index (χ3n) is 6.28. The van der Waals surface area contributed by atoms with Crippen molar-refractivity contribution in [1.29, 1.82) is 0 Å². The van der Waals surface area contributed by atoms with Gasteiger partial charge in [0.1, 0.15) is 0 Å². The minimum absolute atomic E-state index is 0.00761. The Hall–Kier alpha value is -1.26. The van der Waals surface area contributed by atoms with Crippen molar-refractivity contribution < 1.29 is 9.59 Å². The molecule has 0 atom stereocenters. The normalized spacial score (nSPS) is 35.3. The van der Waals surface area contributed by atoms with E-state index in [1.54, 1.807) is 6.92 Å². The molecule has 2 bridgehead atoms. The molecule has 0 spiro atoms. The number of piperidine rings is 1. The van der Waals surface area contributed by atoms with Gasteiger partial charge in [0.15, 0.2) is 0 Å². The monoisotopic (exact) mass is 307 g/mol. The van der Waals surface area contributed by atoms with E-state index in [-0.39, 0.29) is 23.5 Å². The molecule has 3 amide bonds. The Kier molecular flexibility index (Phi) is 4.08. The van der Waals surface area contributed by atoms with Gasteiger partial charge in [-0.25, -0.2) is 4.79 Å². The van der Waals surface area contributed by atoms with Crippen LogP contribution in [0.15, 0.2) is 0 Å². The summed E-state index contributed by atoms with van der Waals surface area (Å²) in [6.45, 7) is 5.51. The average Bonchev–Trinajstić information content (AvgIpc) is 2.49. The van der Waals surface area contributed by atoms with E-state index in [1.165, 1.54) is 19.3 Å². The summed E-state index contributed by atoms with van der Waals surface area (Å²) in [4.78, 5) is 25.5. The van der Waals surface area contributed by atoms with Gasteiger partial charge in [-0.05, 0) is 56.8 Å². The largest absolute Gasteiger partial charge is 0.343 e. The number of hydrogen-bond donors (Lipinski definition) is 2. The van der Waals surface area contributed by atoms with Crippen molar-refractivity contribution in [2.24, 2.45) is 5.41 Å². The molecule has 0 aromatic carbocycles. The van der Waals surface area contributed by atoms with E-state index in [2.05, 4.69) is 17.6 Å². The molecule has 0 aromatic rings. The molecule has 0 radical (unpaired) electrons. The number of rotatable bonds is 2. The Morgan fingerprint density at radius 2 is 1.55 bits per heavy atom. The molecular weight excluding hydrogens is 278 g/mol. The van der Waals surface area contributed by atoms with Gasteiger partial charge in [-0.2, -0.15) is 0 Å². The van der Waals surface area contributed by atoms with Crippen molar-refractivity contribution in [3.8, 4) is 0 Å². The summed E-state index contributed by atoms with van der Waals surface area (Å²) in [6, 6.07) is 0.191. The summed E-state index contributed by atoms with van der Waals surface area (Å²) >= 11 is 0. The van der Waals surface area contributed by atoms with Crippen LogP contribution in [0, 0.1) is 5.41 Å². The maximum Gasteiger partial charge on any atom is 0.315 e. The van der Waals surface area contributed by atoms with Gasteiger partial charge in [0.2, 0.25) is 5.91 Å². The Morgan fingerprint density at radius 3 is 2.05 bits per heavy atom. The topological polar surface area (TPSA) is 61.4 Å². The summed E-state index contributed by atoms with van der Waals surface area (Å²) in [6.07, 6.45) is 8.81. The summed E-state index contributed by atoms with van der Waals surface area (Å²) in [7, 11) is 0. The predicted octanol–water partition coefficient (Wildman–Crippen LogP) is 2.41. The average molecular weight is 307 g/mol. The fourth-order valence-electron chi connectivity index (χ4n) is 4.36. The van der Waals surface area contributed by atoms with Crippen LogP contribution in [-0.4, -0.2) is 41.5 Å². The Labute approximate surface area is 133 Å². The van der Waals surface area contributed by atoms with E-state index in [4.69, 9.17) is 0 Å². The second-order valence-corrected chi connectivity index (χ2v) is 7.97. The maximum atomic E-state index is 12.4. The summed E-state index contributed by atoms with van der Waals surface area (Å²) in [5.41, 5.74) is 0.571. The highest BCUT2D eigenvalue weighted by Crippen LogP contribution is 2.51. The third kappa shape index (κ3) is 3.23. The Bertz CT molecular complexity index is 430. The lowest BCUT2D eigenvalue weighted by molar-refractivity contribution is -0.129. The Morgan fingerprint density at radius 1 is 1.00 bits per heavy atom. The number of hydrogen-bond acceptors (Lipinski definition) is 2. The summed E-state index contributed by atoms with van der Waals surface area (Å²) in [5.74, 6) is 0.134. The van der Waals surface area contributed by atoms with Crippen molar-refractivity contribution in [2.45, 2.75) is 76.8 Å². The fraction of sp³-hybridized carbons (Fsp3) is 0.882. The highest BCUT2D eigenvalue weighted by Gasteiger charge is 2.46. The predicted molar refractivity (Wildman–Crippen MR) is 85.5 cm³/mol. The molecule has 3 saturated carbocycles. The van der Waals surface area contributed by atoms with Gasteiger partial charge in [-0.15, -0.1) is 0 Å². The minimum atomic E-state index is -0.00761. The van der Waals surface area contributed by atoms with Crippen molar-refractivity contribution in [1.82, 2.24) is 15.5 Å². The lowest BCUT2D eigenvalue weighted by Gasteiger charge is -2.52. The number of likely N-dealkylation sites (tertiary alicyclic amines) is 1. The highest BCUT2D eigenvalue weighted by atomic mass is 16.2. The van der Waals surface area contributed by atoms with Crippen LogP contribution in [0.3, 0.4) is 0 Å². The van der Waals surface area contributed by atoms with Gasteiger partial charge in [-0.1, -0.05) is 6.92 Å². The molecule has 5 nitrogen and oxygen atoms in total. The van der Waals surface area contributed by atoms with E-state index in [0.29, 0.717) is 5.41 Å². The first-order valence-corrected chi connectivity index (χ1v) is 8.74. The van der Waals surface area contributed by atoms with Crippen LogP contribution in [0.1, 0.15) is 65.2 Å². The van der Waals surface area contributed by atoms with E-state index < -0.39 is 0 Å². The number of nitrogens with one attached hydrogen (secondary N) is 2. The molecule has 0 aromatic heterocycles. The molecule has 5 heteroatoms. The van der Waals surface area contributed by atoms with Crippen molar-refractivity contribution >= 4 is 11.9 Å². The molecule has 4 rings (SSSR count). The van der Waals surface area contributed by atoms with E-state index in [9.17, 15) is 9.59 Å². The van der Waals surface area contributed by atoms with Crippen LogP contribution in [0.2, 0.25) is 0 Å². The second-order valence-electron chi connectivity index (χ2n) is 7.97. The summed E-state index contributed by atoms with van der Waals surface area (Å²) in [5, 5.41) is 6.41. The van der Waals surface area contributed by atoms with Crippen LogP contribution in [-0.2, 0) is 4.79 Å². The second kappa shape index (κ2) is 5.74. The van der Waals surface area contributed by atoms with Crippen molar-refractivity contribution in [3.63, 3.8) is 0 Å². The SMILES string of the molecule is CC(=O)N1CCC(NC(=O)NC23CCC(C)(CC2)CC3)CC1. The first-order chi connectivity index (χ1) is 10.4. The standard InChI is InChI=1S/C17H29N3O2/c1-13(21)20-11-3-14(4-12-20)18-15(22)19-17-8-5-16(2,6-9-17)7-10-17/h14H,3-12H2,1-2H3,(H2,18,19,22). The number of carbonyl (C=O) groups excluding carboxylic acids is 2. The van der Waals surface area contributed by atoms with Crippen LogP contribution >= 0.6 is 0 Å². The molecule has 1 saturated heterocycles. The van der Waals surface area contributed by atoms with Crippen LogP contribution in [0.25, 0.3) is 0 Å². The van der Waals surface area contributed by atoms with E-state index >= 15 is 0 Å². The molecule has 1 aliphatic heterocycles. The zero-order valence-electron chi connectivity index (χ0n) is 13.9. The number of urea groups is 1. The number of amides is 3. The molecule has 1 heterocycles. The number of carbonyl (C=O) groups is 2. The van der Waals surface area contributed by atoms with Gasteiger partial charge >= 0.3 is 6.03 Å². The highest BCUT2D eigenvalue weighted by molar-refractivity contribution is 5.75. The van der Waals surface area contributed by atoms with E-state index in [1.807, 2.05) is 4.90 Å². The third-order valence-corrected chi connectivity index (χ3v) is 6.28. The van der Waals surface area contributed by atoms with Crippen LogP contribution in [0.4, 0.5) is 4.79 Å². The van der Waals surface area contributed by atoms with E-state index in [0.717, 1.165) is 45.2 Å². The van der Waals surface area contributed by atoms with Crippen LogP contribution < -0.4 is 10.6 Å². The van der Waals surface area contributed by atoms with Gasteiger partial charge in [0.05, 0.1) is 0 Å². The summed E-state index contributed by atoms with van der Waals surface area (Å²) < 4.78 is 0. The first kappa shape index (κ1) is 15.6. The molecule has 124 valence electrons. The molecule has 0 unspecified atom stereocenters. The lowest BCUT2D eigenvalue weighted by atomic mass is 9.58. The molecule has 4 aliphatic rings. The first-order valence-electron chi connectivity index (χ1n) is 8.74. The maximum absolute atomic E-state index is 12.4. The minimum Gasteiger partial charge on any atom is -0.343 e. The smallest absolute Gasteiger partial charge is 0.315 e. The molecular formula is C17H29N3O2. The molecule has 22 heavy (non-hydrogen) atoms. The zero-order valence-corrected chi connectivity index (χ0v) is 13.9. The lowest BCUT2D eigenvalue weighted by Crippen LogP contribution is -2.59. The Balaban J connectivity index is 1.46. The molecule has 2 N–H and O–H groups in total. The number of fused-ring (bicyclic) bond motifs is 3. The van der Waals surface area contributed by atoms with Crippen molar-refractivity contribution in [3.05, 3.63) is 0 Å². The van der Waals surface area contributed by atoms with Crippen LogP contribution in [0.5, 0.6) is 0 Å². The molecule has 4 fully saturated rings. The van der Waals surface area contributed by atoms with Gasteiger partial charge in [-0.3, -0.25) is 4.79 Å². The van der Waals surface area contributed by atoms with Gasteiger partial charge < -0.3 is 15.5 Å². The zero-order chi connectivity index (χ0) is 15.8. The van der Waals surface area contributed by atoms with Crippen molar-refractivity contribution in [2.75, 3.05) is 13.1 Å². The van der Waals surface area contributed by atoms with Gasteiger partial charge in [0.25, 0.3) is 0 Å².